The van der Waals surface area contributed by atoms with E-state index in [1.807, 2.05) is 13.8 Å². The molecule has 0 N–H and O–H groups in total. The maximum absolute atomic E-state index is 5.41. The Labute approximate surface area is 73.2 Å². The first-order valence-electron chi connectivity index (χ1n) is 4.38. The van der Waals surface area contributed by atoms with Crippen LogP contribution in [0.1, 0.15) is 13.8 Å². The predicted octanol–water partition coefficient (Wildman–Crippen LogP) is 0.348. The van der Waals surface area contributed by atoms with E-state index in [4.69, 9.17) is 14.2 Å². The molecule has 0 spiro atoms. The maximum Gasteiger partial charge on any atom is 0.297 e. The van der Waals surface area contributed by atoms with Gasteiger partial charge in [0, 0.05) is 19.8 Å². The van der Waals surface area contributed by atoms with Crippen LogP contribution >= 0.6 is 0 Å². The fraction of sp³-hybridized carbons (Fsp3) is 1.00. The molecule has 0 aliphatic carbocycles. The van der Waals surface area contributed by atoms with Gasteiger partial charge in [0.2, 0.25) is 0 Å². The number of hydrogen-bond acceptors (Lipinski definition) is 3. The molecule has 0 bridgehead atoms. The van der Waals surface area contributed by atoms with Gasteiger partial charge in [0.15, 0.2) is 0 Å². The third-order valence-electron chi connectivity index (χ3n) is 1.61. The van der Waals surface area contributed by atoms with Crippen LogP contribution in [0.25, 0.3) is 0 Å². The first-order valence-corrected chi connectivity index (χ1v) is 4.38. The molecule has 71 valence electrons. The molecule has 0 saturated carbocycles. The molecule has 1 radical (unpaired) electrons. The zero-order valence-corrected chi connectivity index (χ0v) is 7.71. The molecular weight excluding hydrogens is 158 g/mol. The Morgan fingerprint density at radius 2 is 2.00 bits per heavy atom. The smallest absolute Gasteiger partial charge is 0.297 e. The van der Waals surface area contributed by atoms with Crippen LogP contribution in [0.15, 0.2) is 0 Å². The Hall–Kier alpha value is -0.160. The van der Waals surface area contributed by atoms with E-state index in [0.717, 1.165) is 6.54 Å². The lowest BCUT2D eigenvalue weighted by atomic mass is 10.4. The van der Waals surface area contributed by atoms with Crippen LogP contribution in [-0.4, -0.2) is 38.9 Å². The highest BCUT2D eigenvalue weighted by atomic mass is 16.9. The van der Waals surface area contributed by atoms with Gasteiger partial charge < -0.3 is 14.2 Å². The van der Waals surface area contributed by atoms with E-state index in [9.17, 15) is 0 Å². The molecule has 0 aromatic heterocycles. The van der Waals surface area contributed by atoms with Crippen molar-refractivity contribution in [3.05, 3.63) is 0 Å². The fourth-order valence-electron chi connectivity index (χ4n) is 1.18. The van der Waals surface area contributed by atoms with E-state index < -0.39 is 5.97 Å². The van der Waals surface area contributed by atoms with Crippen molar-refractivity contribution in [2.24, 2.45) is 0 Å². The molecule has 1 rings (SSSR count). The van der Waals surface area contributed by atoms with Crippen LogP contribution in [-0.2, 0) is 14.2 Å². The van der Waals surface area contributed by atoms with Crippen LogP contribution in [0.3, 0.4) is 0 Å². The van der Waals surface area contributed by atoms with Crippen LogP contribution in [0, 0.1) is 0 Å². The largest absolute Gasteiger partial charge is 0.327 e. The van der Waals surface area contributed by atoms with Gasteiger partial charge in [-0.25, -0.2) is 5.32 Å². The Morgan fingerprint density at radius 3 is 2.42 bits per heavy atom. The van der Waals surface area contributed by atoms with Crippen molar-refractivity contribution in [3.63, 3.8) is 0 Å². The summed E-state index contributed by atoms with van der Waals surface area (Å²) in [7, 11) is 0. The topological polar surface area (TPSA) is 41.8 Å². The molecule has 1 fully saturated rings. The highest BCUT2D eigenvalue weighted by molar-refractivity contribution is 4.66. The minimum Gasteiger partial charge on any atom is -0.327 e. The highest BCUT2D eigenvalue weighted by Crippen LogP contribution is 2.17. The van der Waals surface area contributed by atoms with E-state index >= 15 is 0 Å². The summed E-state index contributed by atoms with van der Waals surface area (Å²) in [5.74, 6) is -0.887. The fourth-order valence-corrected chi connectivity index (χ4v) is 1.18. The molecule has 0 unspecified atom stereocenters. The van der Waals surface area contributed by atoms with Gasteiger partial charge in [-0.05, 0) is 13.8 Å². The standard InChI is InChI=1S/C8H16NO3/c1-3-10-8(11-4-2)7-9-5-6-12-8/h3-7H2,1-2H3. The molecule has 0 atom stereocenters. The first kappa shape index (κ1) is 9.92. The van der Waals surface area contributed by atoms with Crippen molar-refractivity contribution >= 4 is 0 Å². The number of hydrogen-bond donors (Lipinski definition) is 0. The first-order chi connectivity index (χ1) is 5.83. The lowest BCUT2D eigenvalue weighted by molar-refractivity contribution is -0.382. The van der Waals surface area contributed by atoms with Crippen LogP contribution in [0.4, 0.5) is 0 Å². The molecule has 4 heteroatoms. The minimum absolute atomic E-state index is 0.481. The Balaban J connectivity index is 2.44. The van der Waals surface area contributed by atoms with Crippen molar-refractivity contribution in [2.45, 2.75) is 19.8 Å². The van der Waals surface area contributed by atoms with E-state index in [-0.39, 0.29) is 0 Å². The Morgan fingerprint density at radius 1 is 1.33 bits per heavy atom. The van der Waals surface area contributed by atoms with Gasteiger partial charge in [-0.3, -0.25) is 0 Å². The highest BCUT2D eigenvalue weighted by Gasteiger charge is 2.35. The average molecular weight is 174 g/mol. The predicted molar refractivity (Wildman–Crippen MR) is 43.8 cm³/mol. The summed E-state index contributed by atoms with van der Waals surface area (Å²) in [6, 6.07) is 0. The molecule has 4 nitrogen and oxygen atoms in total. The second-order valence-corrected chi connectivity index (χ2v) is 2.50. The molecule has 12 heavy (non-hydrogen) atoms. The van der Waals surface area contributed by atoms with Gasteiger partial charge in [-0.1, -0.05) is 0 Å². The van der Waals surface area contributed by atoms with E-state index in [1.54, 1.807) is 0 Å². The number of nitrogens with zero attached hydrogens (tertiary/aromatic N) is 1. The van der Waals surface area contributed by atoms with Gasteiger partial charge in [-0.2, -0.15) is 0 Å². The van der Waals surface area contributed by atoms with Crippen LogP contribution in [0.5, 0.6) is 0 Å². The van der Waals surface area contributed by atoms with Gasteiger partial charge in [0.25, 0.3) is 5.97 Å². The lowest BCUT2D eigenvalue weighted by Gasteiger charge is -2.35. The maximum atomic E-state index is 5.41. The molecule has 1 aliphatic heterocycles. The van der Waals surface area contributed by atoms with Crippen LogP contribution in [0.2, 0.25) is 0 Å². The van der Waals surface area contributed by atoms with Gasteiger partial charge in [0.1, 0.15) is 0 Å². The summed E-state index contributed by atoms with van der Waals surface area (Å²) in [6.45, 7) is 6.79. The molecule has 0 amide bonds. The average Bonchev–Trinajstić information content (AvgIpc) is 2.07. The monoisotopic (exact) mass is 174 g/mol. The van der Waals surface area contributed by atoms with E-state index in [0.29, 0.717) is 26.4 Å². The summed E-state index contributed by atoms with van der Waals surface area (Å²) < 4.78 is 16.2. The summed E-state index contributed by atoms with van der Waals surface area (Å²) >= 11 is 0. The third kappa shape index (κ3) is 2.42. The number of morpholine rings is 1. The quantitative estimate of drug-likeness (QED) is 0.577. The molecule has 0 aromatic carbocycles. The number of ether oxygens (including phenoxy) is 3. The molecule has 1 saturated heterocycles. The van der Waals surface area contributed by atoms with E-state index in [1.165, 1.54) is 0 Å². The normalized spacial score (nSPS) is 22.5. The Bertz CT molecular complexity index is 108. The molecule has 1 heterocycles. The summed E-state index contributed by atoms with van der Waals surface area (Å²) in [4.78, 5) is 0. The van der Waals surface area contributed by atoms with Gasteiger partial charge in [-0.15, -0.1) is 0 Å². The minimum atomic E-state index is -0.887. The zero-order chi connectivity index (χ0) is 8.86. The van der Waals surface area contributed by atoms with Crippen molar-refractivity contribution < 1.29 is 14.2 Å². The lowest BCUT2D eigenvalue weighted by Crippen LogP contribution is -2.51. The van der Waals surface area contributed by atoms with Gasteiger partial charge in [0.05, 0.1) is 13.2 Å². The van der Waals surface area contributed by atoms with E-state index in [2.05, 4.69) is 5.32 Å². The van der Waals surface area contributed by atoms with Crippen molar-refractivity contribution in [2.75, 3.05) is 32.9 Å². The molecule has 0 aromatic rings. The summed E-state index contributed by atoms with van der Waals surface area (Å²) in [5, 5.41) is 4.19. The Kier molecular flexibility index (Phi) is 3.94. The SMILES string of the molecule is CCOC1(OCC)C[N]CCO1. The molecular formula is C8H16NO3. The second kappa shape index (κ2) is 4.77. The summed E-state index contributed by atoms with van der Waals surface area (Å²) in [6.07, 6.45) is 0. The zero-order valence-electron chi connectivity index (χ0n) is 7.71. The molecule has 1 aliphatic rings. The van der Waals surface area contributed by atoms with Crippen molar-refractivity contribution in [1.82, 2.24) is 5.32 Å². The number of rotatable bonds is 4. The second-order valence-electron chi connectivity index (χ2n) is 2.50. The van der Waals surface area contributed by atoms with Crippen molar-refractivity contribution in [3.8, 4) is 0 Å². The van der Waals surface area contributed by atoms with Crippen molar-refractivity contribution in [1.29, 1.82) is 0 Å². The van der Waals surface area contributed by atoms with Crippen LogP contribution < -0.4 is 5.32 Å². The summed E-state index contributed by atoms with van der Waals surface area (Å²) in [5.41, 5.74) is 0. The van der Waals surface area contributed by atoms with Gasteiger partial charge >= 0.3 is 0 Å². The third-order valence-corrected chi connectivity index (χ3v) is 1.61.